The summed E-state index contributed by atoms with van der Waals surface area (Å²) in [6, 6.07) is 11.4. The molecule has 1 aromatic carbocycles. The van der Waals surface area contributed by atoms with Gasteiger partial charge in [-0.2, -0.15) is 0 Å². The van der Waals surface area contributed by atoms with E-state index in [4.69, 9.17) is 14.9 Å². The number of hydrogen-bond donors (Lipinski definition) is 3. The molecule has 0 unspecified atom stereocenters. The maximum Gasteiger partial charge on any atom is 0.342 e. The van der Waals surface area contributed by atoms with Crippen molar-refractivity contribution < 1.29 is 28.2 Å². The third kappa shape index (κ3) is 7.30. The molecule has 2 heterocycles. The number of carboxylic acids is 1. The van der Waals surface area contributed by atoms with Gasteiger partial charge in [-0.3, -0.25) is 4.90 Å². The lowest BCUT2D eigenvalue weighted by atomic mass is 9.80. The normalized spacial score (nSPS) is 17.5. The van der Waals surface area contributed by atoms with Crippen LogP contribution in [0.3, 0.4) is 0 Å². The summed E-state index contributed by atoms with van der Waals surface area (Å²) in [6.07, 6.45) is 3.17. The Bertz CT molecular complexity index is 1440. The van der Waals surface area contributed by atoms with E-state index in [1.54, 1.807) is 24.3 Å². The average Bonchev–Trinajstić information content (AvgIpc) is 2.93. The van der Waals surface area contributed by atoms with Crippen LogP contribution in [0.4, 0.5) is 14.6 Å². The van der Waals surface area contributed by atoms with E-state index in [1.165, 1.54) is 18.2 Å². The number of methoxy groups -OCH3 is 1. The predicted molar refractivity (Wildman–Crippen MR) is 158 cm³/mol. The quantitative estimate of drug-likeness (QED) is 0.113. The van der Waals surface area contributed by atoms with Gasteiger partial charge >= 0.3 is 5.97 Å². The molecule has 10 heteroatoms. The van der Waals surface area contributed by atoms with E-state index < -0.39 is 11.9 Å². The molecule has 3 N–H and O–H groups in total. The molecule has 0 amide bonds. The van der Waals surface area contributed by atoms with Gasteiger partial charge in [-0.1, -0.05) is 43.5 Å². The molecule has 1 saturated carbocycles. The Labute approximate surface area is 244 Å². The Morgan fingerprint density at radius 2 is 2.05 bits per heavy atom. The molecule has 0 radical (unpaired) electrons. The average molecular weight is 579 g/mol. The third-order valence-corrected chi connectivity index (χ3v) is 7.36. The highest BCUT2D eigenvalue weighted by atomic mass is 19.3. The van der Waals surface area contributed by atoms with Crippen molar-refractivity contribution >= 4 is 23.6 Å². The van der Waals surface area contributed by atoms with E-state index in [0.29, 0.717) is 47.8 Å². The van der Waals surface area contributed by atoms with E-state index in [9.17, 15) is 18.7 Å². The highest BCUT2D eigenvalue weighted by molar-refractivity contribution is 6.08. The number of carbonyl (C=O) groups is 1. The molecule has 1 aromatic heterocycles. The van der Waals surface area contributed by atoms with Gasteiger partial charge in [-0.05, 0) is 53.7 Å². The largest absolute Gasteiger partial charge is 0.488 e. The topological polar surface area (TPSA) is 108 Å². The van der Waals surface area contributed by atoms with Crippen LogP contribution in [0.2, 0.25) is 0 Å². The first-order chi connectivity index (χ1) is 20.0. The number of fused-ring (bicyclic) bond motifs is 1. The standard InChI is InChI=1S/C32H36F2N4O4/c1-5-25(27-7-6-8-28(36-27)37-30(41-4)26(16-35)31(39)40)29(20(2)3)42-19-21-9-10-24-18-38(12-11-23(24)13-21)17-22-14-32(33,34)15-22/h5-10,13,16,22,35H,1-2,11-12,14-15,17-19H2,3-4H3,(H,36,37)(H,39,40)/b29-25-,30-26-,35-16?. The first kappa shape index (κ1) is 30.6. The van der Waals surface area contributed by atoms with Crippen LogP contribution in [0.25, 0.3) is 5.57 Å². The lowest BCUT2D eigenvalue weighted by Crippen LogP contribution is -2.43. The predicted octanol–water partition coefficient (Wildman–Crippen LogP) is 6.18. The molecule has 1 fully saturated rings. The fourth-order valence-corrected chi connectivity index (χ4v) is 5.31. The van der Waals surface area contributed by atoms with Gasteiger partial charge in [0, 0.05) is 44.3 Å². The molecule has 0 saturated heterocycles. The minimum absolute atomic E-state index is 0.00410. The highest BCUT2D eigenvalue weighted by Crippen LogP contribution is 2.43. The lowest BCUT2D eigenvalue weighted by Gasteiger charge is -2.39. The molecule has 222 valence electrons. The molecule has 0 spiro atoms. The summed E-state index contributed by atoms with van der Waals surface area (Å²) in [7, 11) is 1.30. The summed E-state index contributed by atoms with van der Waals surface area (Å²) in [5.74, 6) is -3.01. The first-order valence-electron chi connectivity index (χ1n) is 13.7. The van der Waals surface area contributed by atoms with Crippen molar-refractivity contribution in [2.75, 3.05) is 25.5 Å². The Kier molecular flexibility index (Phi) is 9.57. The number of carboxylic acid groups (broad SMARTS) is 1. The summed E-state index contributed by atoms with van der Waals surface area (Å²) < 4.78 is 37.9. The van der Waals surface area contributed by atoms with Crippen molar-refractivity contribution in [2.24, 2.45) is 5.92 Å². The minimum atomic E-state index is -2.48. The smallest absolute Gasteiger partial charge is 0.342 e. The van der Waals surface area contributed by atoms with Crippen LogP contribution in [-0.2, 0) is 33.8 Å². The molecular weight excluding hydrogens is 542 g/mol. The number of aliphatic carboxylic acids is 1. The first-order valence-corrected chi connectivity index (χ1v) is 13.7. The van der Waals surface area contributed by atoms with Gasteiger partial charge in [0.05, 0.1) is 12.8 Å². The van der Waals surface area contributed by atoms with Gasteiger partial charge in [0.1, 0.15) is 23.8 Å². The fourth-order valence-electron chi connectivity index (χ4n) is 5.31. The van der Waals surface area contributed by atoms with Crippen LogP contribution in [0.5, 0.6) is 0 Å². The number of alkyl halides is 2. The SMILES string of the molecule is C=C/C(=C(/OCc1ccc2c(c1)CCN(CC1CC(F)(F)C1)C2)C(=C)C)c1cccc(N/C(OC)=C(\C=N)C(=O)O)n1. The number of ether oxygens (including phenoxy) is 2. The number of halogens is 2. The van der Waals surface area contributed by atoms with Crippen LogP contribution in [-0.4, -0.2) is 53.3 Å². The molecular formula is C32H36F2N4O4. The van der Waals surface area contributed by atoms with Crippen LogP contribution in [0.1, 0.15) is 42.1 Å². The van der Waals surface area contributed by atoms with Crippen molar-refractivity contribution in [2.45, 2.75) is 45.3 Å². The number of allylic oxidation sites excluding steroid dienone is 3. The maximum atomic E-state index is 13.2. The van der Waals surface area contributed by atoms with Gasteiger partial charge in [-0.15, -0.1) is 0 Å². The zero-order chi connectivity index (χ0) is 30.4. The monoisotopic (exact) mass is 578 g/mol. The van der Waals surface area contributed by atoms with Crippen LogP contribution >= 0.6 is 0 Å². The number of benzene rings is 1. The molecule has 0 bridgehead atoms. The van der Waals surface area contributed by atoms with E-state index in [0.717, 1.165) is 25.1 Å². The van der Waals surface area contributed by atoms with Crippen LogP contribution in [0.15, 0.2) is 78.4 Å². The zero-order valence-corrected chi connectivity index (χ0v) is 23.9. The Morgan fingerprint density at radius 3 is 2.67 bits per heavy atom. The van der Waals surface area contributed by atoms with E-state index >= 15 is 0 Å². The van der Waals surface area contributed by atoms with Crippen molar-refractivity contribution in [1.82, 2.24) is 9.88 Å². The fraction of sp³-hybridized carbons (Fsp3) is 0.344. The van der Waals surface area contributed by atoms with Crippen LogP contribution in [0, 0.1) is 11.3 Å². The number of anilines is 1. The van der Waals surface area contributed by atoms with Crippen molar-refractivity contribution in [1.29, 1.82) is 5.41 Å². The summed E-state index contributed by atoms with van der Waals surface area (Å²) in [5, 5.41) is 19.5. The number of nitrogens with one attached hydrogen (secondary N) is 2. The summed E-state index contributed by atoms with van der Waals surface area (Å²) >= 11 is 0. The lowest BCUT2D eigenvalue weighted by molar-refractivity contribution is -0.132. The Morgan fingerprint density at radius 1 is 1.29 bits per heavy atom. The molecule has 1 aliphatic heterocycles. The van der Waals surface area contributed by atoms with Crippen LogP contribution < -0.4 is 5.32 Å². The Hall–Kier alpha value is -4.31. The number of nitrogens with zero attached hydrogens (tertiary/aromatic N) is 2. The second-order valence-corrected chi connectivity index (χ2v) is 10.7. The second-order valence-electron chi connectivity index (χ2n) is 10.7. The van der Waals surface area contributed by atoms with Gasteiger partial charge in [0.25, 0.3) is 0 Å². The van der Waals surface area contributed by atoms with E-state index in [2.05, 4.69) is 40.5 Å². The maximum absolute atomic E-state index is 13.2. The van der Waals surface area contributed by atoms with Crippen molar-refractivity contribution in [3.05, 3.63) is 101 Å². The van der Waals surface area contributed by atoms with Crippen molar-refractivity contribution in [3.63, 3.8) is 0 Å². The van der Waals surface area contributed by atoms with E-state index in [1.807, 2.05) is 13.0 Å². The van der Waals surface area contributed by atoms with Gasteiger partial charge in [0.15, 0.2) is 0 Å². The summed E-state index contributed by atoms with van der Waals surface area (Å²) in [4.78, 5) is 18.3. The second kappa shape index (κ2) is 13.1. The number of pyridine rings is 1. The number of rotatable bonds is 13. The summed E-state index contributed by atoms with van der Waals surface area (Å²) in [6.45, 7) is 12.5. The molecule has 8 nitrogen and oxygen atoms in total. The zero-order valence-electron chi connectivity index (χ0n) is 23.9. The summed E-state index contributed by atoms with van der Waals surface area (Å²) in [5.41, 5.74) is 4.90. The molecule has 42 heavy (non-hydrogen) atoms. The van der Waals surface area contributed by atoms with Crippen molar-refractivity contribution in [3.8, 4) is 0 Å². The minimum Gasteiger partial charge on any atom is -0.488 e. The van der Waals surface area contributed by atoms with Gasteiger partial charge in [-0.25, -0.2) is 18.6 Å². The third-order valence-electron chi connectivity index (χ3n) is 7.36. The molecule has 4 rings (SSSR count). The molecule has 2 aliphatic rings. The van der Waals surface area contributed by atoms with E-state index in [-0.39, 0.29) is 30.2 Å². The number of hydrogen-bond acceptors (Lipinski definition) is 7. The van der Waals surface area contributed by atoms with Gasteiger partial charge < -0.3 is 25.3 Å². The Balaban J connectivity index is 1.48. The molecule has 0 atom stereocenters. The molecule has 2 aromatic rings. The number of aromatic nitrogens is 1. The molecule has 1 aliphatic carbocycles. The van der Waals surface area contributed by atoms with Gasteiger partial charge in [0.2, 0.25) is 11.8 Å². The highest BCUT2D eigenvalue weighted by Gasteiger charge is 2.45.